The van der Waals surface area contributed by atoms with E-state index in [1.54, 1.807) is 19.1 Å². The number of pyridine rings is 1. The minimum Gasteiger partial charge on any atom is -0.493 e. The van der Waals surface area contributed by atoms with Crippen LogP contribution in [0.3, 0.4) is 0 Å². The molecule has 198 valence electrons. The number of fused-ring (bicyclic) bond motifs is 1. The van der Waals surface area contributed by atoms with E-state index in [9.17, 15) is 14.9 Å². The molecule has 0 aliphatic heterocycles. The van der Waals surface area contributed by atoms with Gasteiger partial charge < -0.3 is 15.4 Å². The fourth-order valence-corrected chi connectivity index (χ4v) is 3.71. The molecule has 0 atom stereocenters. The van der Waals surface area contributed by atoms with Gasteiger partial charge in [-0.15, -0.1) is 0 Å². The van der Waals surface area contributed by atoms with Crippen molar-refractivity contribution in [2.24, 2.45) is 5.92 Å². The third-order valence-corrected chi connectivity index (χ3v) is 6.19. The lowest BCUT2D eigenvalue weighted by atomic mass is 10.1. The topological polar surface area (TPSA) is 106 Å². The number of allylic oxidation sites excluding steroid dienone is 3. The van der Waals surface area contributed by atoms with Crippen molar-refractivity contribution < 1.29 is 14.5 Å². The van der Waals surface area contributed by atoms with Crippen LogP contribution < -0.4 is 15.4 Å². The minimum atomic E-state index is -0.482. The normalized spacial score (nSPS) is 13.0. The highest BCUT2D eigenvalue weighted by Crippen LogP contribution is 2.30. The Morgan fingerprint density at radius 3 is 2.45 bits per heavy atom. The molecule has 8 nitrogen and oxygen atoms in total. The van der Waals surface area contributed by atoms with Gasteiger partial charge in [0.15, 0.2) is 0 Å². The van der Waals surface area contributed by atoms with Gasteiger partial charge in [-0.25, -0.2) is 0 Å². The molecule has 1 fully saturated rings. The summed E-state index contributed by atoms with van der Waals surface area (Å²) in [5.74, 6) is 1.39. The second kappa shape index (κ2) is 13.3. The number of nitrogens with zero attached hydrogens (tertiary/aromatic N) is 2. The van der Waals surface area contributed by atoms with Crippen LogP contribution in [-0.2, 0) is 6.54 Å². The van der Waals surface area contributed by atoms with Crippen molar-refractivity contribution in [1.82, 2.24) is 10.3 Å². The number of rotatable bonds is 10. The molecule has 0 bridgehead atoms. The molecule has 2 aromatic carbocycles. The van der Waals surface area contributed by atoms with E-state index in [2.05, 4.69) is 34.8 Å². The molecule has 1 aliphatic rings. The van der Waals surface area contributed by atoms with Crippen molar-refractivity contribution in [1.29, 1.82) is 0 Å². The van der Waals surface area contributed by atoms with Crippen molar-refractivity contribution in [2.75, 3.05) is 19.0 Å². The van der Waals surface area contributed by atoms with Gasteiger partial charge >= 0.3 is 0 Å². The molecular formula is C30H34N4O4. The molecule has 1 saturated carbocycles. The molecule has 1 aromatic heterocycles. The van der Waals surface area contributed by atoms with E-state index in [-0.39, 0.29) is 11.6 Å². The summed E-state index contributed by atoms with van der Waals surface area (Å²) in [5.41, 5.74) is 4.92. The number of aryl methyl sites for hydroxylation is 1. The number of benzene rings is 2. The quantitative estimate of drug-likeness (QED) is 0.189. The number of hydrogen-bond acceptors (Lipinski definition) is 6. The van der Waals surface area contributed by atoms with Crippen molar-refractivity contribution in [2.45, 2.75) is 33.2 Å². The molecular weight excluding hydrogens is 480 g/mol. The van der Waals surface area contributed by atoms with E-state index in [0.29, 0.717) is 17.1 Å². The molecule has 4 rings (SSSR count). The summed E-state index contributed by atoms with van der Waals surface area (Å²) in [7, 11) is 1.92. The lowest BCUT2D eigenvalue weighted by Gasteiger charge is -2.12. The zero-order valence-corrected chi connectivity index (χ0v) is 22.1. The van der Waals surface area contributed by atoms with E-state index in [4.69, 9.17) is 4.74 Å². The number of anilines is 1. The molecule has 1 amide bonds. The van der Waals surface area contributed by atoms with E-state index in [1.807, 2.05) is 44.4 Å². The predicted octanol–water partition coefficient (Wildman–Crippen LogP) is 6.21. The molecule has 0 spiro atoms. The summed E-state index contributed by atoms with van der Waals surface area (Å²) in [6, 6.07) is 13.4. The van der Waals surface area contributed by atoms with Crippen molar-refractivity contribution in [3.63, 3.8) is 0 Å². The number of nitrogens with one attached hydrogen (secondary N) is 2. The summed E-state index contributed by atoms with van der Waals surface area (Å²) in [6.07, 6.45) is 7.03. The largest absolute Gasteiger partial charge is 0.493 e. The lowest BCUT2D eigenvalue weighted by Crippen LogP contribution is -2.13. The Hall–Kier alpha value is -4.30. The summed E-state index contributed by atoms with van der Waals surface area (Å²) in [6.45, 7) is 11.9. The molecule has 0 radical (unpaired) electrons. The minimum absolute atomic E-state index is 0.00926. The van der Waals surface area contributed by atoms with Gasteiger partial charge in [0.1, 0.15) is 5.75 Å². The van der Waals surface area contributed by atoms with Gasteiger partial charge in [0.25, 0.3) is 11.6 Å². The first-order chi connectivity index (χ1) is 18.3. The van der Waals surface area contributed by atoms with Gasteiger partial charge in [0.2, 0.25) is 0 Å². The number of carbonyl (C=O) groups is 1. The number of ether oxygens (including phenoxy) is 1. The van der Waals surface area contributed by atoms with Gasteiger partial charge in [-0.3, -0.25) is 19.9 Å². The number of amides is 1. The third kappa shape index (κ3) is 7.60. The summed E-state index contributed by atoms with van der Waals surface area (Å²) < 4.78 is 5.73. The SMILES string of the molecule is C=C/C(C)=C(\C=C)[N+](=O)[O-].CNCc1cnc2c(C)c(NC(=O)c3ccc(OCC4CC4)cc3)ccc2c1. The Labute approximate surface area is 223 Å². The van der Waals surface area contributed by atoms with E-state index in [1.165, 1.54) is 25.0 Å². The number of aromatic nitrogens is 1. The van der Waals surface area contributed by atoms with Crippen LogP contribution in [0.25, 0.3) is 10.9 Å². The Bertz CT molecular complexity index is 1360. The monoisotopic (exact) mass is 514 g/mol. The fraction of sp³-hybridized carbons (Fsp3) is 0.267. The molecule has 2 N–H and O–H groups in total. The Kier molecular flexibility index (Phi) is 9.90. The van der Waals surface area contributed by atoms with Gasteiger partial charge in [0, 0.05) is 41.0 Å². The van der Waals surface area contributed by atoms with Crippen LogP contribution in [0.4, 0.5) is 5.69 Å². The molecule has 1 aliphatic carbocycles. The van der Waals surface area contributed by atoms with Gasteiger partial charge in [-0.1, -0.05) is 25.3 Å². The van der Waals surface area contributed by atoms with Crippen LogP contribution in [0.1, 0.15) is 41.3 Å². The zero-order chi connectivity index (χ0) is 27.7. The van der Waals surface area contributed by atoms with Crippen LogP contribution in [0, 0.1) is 23.0 Å². The van der Waals surface area contributed by atoms with Crippen LogP contribution in [0.15, 0.2) is 85.2 Å². The maximum atomic E-state index is 12.6. The highest BCUT2D eigenvalue weighted by Gasteiger charge is 2.22. The van der Waals surface area contributed by atoms with Crippen molar-refractivity contribution >= 4 is 22.5 Å². The lowest BCUT2D eigenvalue weighted by molar-refractivity contribution is -0.419. The average Bonchev–Trinajstić information content (AvgIpc) is 3.75. The Balaban J connectivity index is 0.000000342. The number of nitro groups is 1. The molecule has 1 heterocycles. The smallest absolute Gasteiger partial charge is 0.271 e. The predicted molar refractivity (Wildman–Crippen MR) is 152 cm³/mol. The van der Waals surface area contributed by atoms with Crippen LogP contribution in [-0.4, -0.2) is 29.5 Å². The first-order valence-electron chi connectivity index (χ1n) is 12.4. The molecule has 3 aromatic rings. The summed E-state index contributed by atoms with van der Waals surface area (Å²) in [5, 5.41) is 17.4. The molecule has 8 heteroatoms. The summed E-state index contributed by atoms with van der Waals surface area (Å²) >= 11 is 0. The average molecular weight is 515 g/mol. The van der Waals surface area contributed by atoms with E-state index < -0.39 is 4.92 Å². The Morgan fingerprint density at radius 2 is 1.89 bits per heavy atom. The highest BCUT2D eigenvalue weighted by molar-refractivity contribution is 6.06. The van der Waals surface area contributed by atoms with Crippen LogP contribution in [0.5, 0.6) is 5.75 Å². The molecule has 0 unspecified atom stereocenters. The van der Waals surface area contributed by atoms with Crippen LogP contribution >= 0.6 is 0 Å². The van der Waals surface area contributed by atoms with Crippen LogP contribution in [0.2, 0.25) is 0 Å². The third-order valence-electron chi connectivity index (χ3n) is 6.19. The van der Waals surface area contributed by atoms with Crippen molar-refractivity contribution in [3.05, 3.63) is 112 Å². The van der Waals surface area contributed by atoms with E-state index in [0.717, 1.165) is 46.6 Å². The maximum Gasteiger partial charge on any atom is 0.271 e. The van der Waals surface area contributed by atoms with Crippen molar-refractivity contribution in [3.8, 4) is 5.75 Å². The second-order valence-corrected chi connectivity index (χ2v) is 9.15. The van der Waals surface area contributed by atoms with Gasteiger partial charge in [0.05, 0.1) is 17.0 Å². The number of hydrogen-bond donors (Lipinski definition) is 2. The molecule has 38 heavy (non-hydrogen) atoms. The first kappa shape index (κ1) is 28.3. The van der Waals surface area contributed by atoms with Gasteiger partial charge in [-0.2, -0.15) is 0 Å². The Morgan fingerprint density at radius 1 is 1.18 bits per heavy atom. The van der Waals surface area contributed by atoms with E-state index >= 15 is 0 Å². The standard InChI is InChI=1S/C23H25N3O2.C7H9NO2/c1-15-21(10-7-19-11-17(12-24-2)13-25-22(15)19)26-23(27)18-5-8-20(9-6-18)28-14-16-3-4-16;1-4-6(3)7(5-2)8(9)10/h5-11,13,16,24H,3-4,12,14H2,1-2H3,(H,26,27);4-5H,1-2H2,3H3/b;7-6+. The maximum absolute atomic E-state index is 12.6. The molecule has 0 saturated heterocycles. The number of carbonyl (C=O) groups excluding carboxylic acids is 1. The fourth-order valence-electron chi connectivity index (χ4n) is 3.71. The highest BCUT2D eigenvalue weighted by atomic mass is 16.6. The summed E-state index contributed by atoms with van der Waals surface area (Å²) in [4.78, 5) is 26.9. The first-order valence-corrected chi connectivity index (χ1v) is 12.4. The zero-order valence-electron chi connectivity index (χ0n) is 22.1. The second-order valence-electron chi connectivity index (χ2n) is 9.15. The van der Waals surface area contributed by atoms with Gasteiger partial charge in [-0.05, 0) is 87.2 Å².